The highest BCUT2D eigenvalue weighted by atomic mass is 16.5. The van der Waals surface area contributed by atoms with Crippen molar-refractivity contribution in [3.63, 3.8) is 0 Å². The smallest absolute Gasteiger partial charge is 0.179 e. The first-order valence-corrected chi connectivity index (χ1v) is 5.45. The maximum Gasteiger partial charge on any atom is 0.179 e. The van der Waals surface area contributed by atoms with Crippen molar-refractivity contribution in [3.05, 3.63) is 23.9 Å². The second-order valence-corrected chi connectivity index (χ2v) is 3.59. The van der Waals surface area contributed by atoms with Gasteiger partial charge in [0.15, 0.2) is 11.7 Å². The van der Waals surface area contributed by atoms with E-state index in [0.29, 0.717) is 17.2 Å². The summed E-state index contributed by atoms with van der Waals surface area (Å²) in [6.07, 6.45) is 0. The van der Waals surface area contributed by atoms with Crippen molar-refractivity contribution < 1.29 is 5.21 Å². The average molecular weight is 247 g/mol. The molecule has 0 spiro atoms. The molecular weight excluding hydrogens is 230 g/mol. The van der Waals surface area contributed by atoms with E-state index in [-0.39, 0.29) is 5.84 Å². The molecule has 1 aromatic rings. The molecule has 6 nitrogen and oxygen atoms in total. The number of amidine groups is 1. The lowest BCUT2D eigenvalue weighted by atomic mass is 10.2. The van der Waals surface area contributed by atoms with Crippen LogP contribution in [0.1, 0.15) is 12.6 Å². The lowest BCUT2D eigenvalue weighted by molar-refractivity contribution is 0.237. The molecule has 6 heteroatoms. The van der Waals surface area contributed by atoms with Crippen LogP contribution in [0.25, 0.3) is 0 Å². The van der Waals surface area contributed by atoms with Gasteiger partial charge in [0.25, 0.3) is 0 Å². The zero-order valence-corrected chi connectivity index (χ0v) is 11.0. The Hall–Kier alpha value is -2.08. The summed E-state index contributed by atoms with van der Waals surface area (Å²) in [4.78, 5) is 16.5. The van der Waals surface area contributed by atoms with Crippen molar-refractivity contribution in [2.45, 2.75) is 13.8 Å². The van der Waals surface area contributed by atoms with Crippen LogP contribution in [0.15, 0.2) is 33.2 Å². The van der Waals surface area contributed by atoms with Gasteiger partial charge in [-0.3, -0.25) is 20.7 Å². The van der Waals surface area contributed by atoms with Crippen LogP contribution < -0.4 is 5.48 Å². The molecule has 1 rings (SSSR count). The molecule has 2 N–H and O–H groups in total. The Balaban J connectivity index is 3.17. The number of aromatic nitrogens is 1. The molecule has 0 unspecified atom stereocenters. The van der Waals surface area contributed by atoms with E-state index in [4.69, 9.17) is 5.21 Å². The van der Waals surface area contributed by atoms with Gasteiger partial charge in [0.1, 0.15) is 5.71 Å². The average Bonchev–Trinajstić information content (AvgIpc) is 2.38. The highest BCUT2D eigenvalue weighted by molar-refractivity contribution is 6.67. The molecule has 0 saturated heterocycles. The second kappa shape index (κ2) is 6.61. The minimum Gasteiger partial charge on any atom is -0.291 e. The predicted octanol–water partition coefficient (Wildman–Crippen LogP) is 1.56. The third-order valence-electron chi connectivity index (χ3n) is 2.33. The summed E-state index contributed by atoms with van der Waals surface area (Å²) in [5, 5.41) is 9.16. The molecule has 1 aromatic heterocycles. The third kappa shape index (κ3) is 3.46. The van der Waals surface area contributed by atoms with Crippen molar-refractivity contribution in [1.82, 2.24) is 10.5 Å². The van der Waals surface area contributed by atoms with Gasteiger partial charge in [-0.1, -0.05) is 6.07 Å². The molecule has 0 atom stereocenters. The zero-order valence-electron chi connectivity index (χ0n) is 11.0. The molecule has 0 radical (unpaired) electrons. The molecule has 0 aliphatic rings. The normalized spacial score (nSPS) is 13.7. The van der Waals surface area contributed by atoms with Crippen LogP contribution in [-0.4, -0.2) is 41.5 Å². The van der Waals surface area contributed by atoms with E-state index in [9.17, 15) is 0 Å². The van der Waals surface area contributed by atoms with Crippen LogP contribution in [-0.2, 0) is 0 Å². The van der Waals surface area contributed by atoms with Crippen molar-refractivity contribution in [2.75, 3.05) is 14.1 Å². The van der Waals surface area contributed by atoms with Gasteiger partial charge in [-0.2, -0.15) is 0 Å². The molecule has 1 heterocycles. The van der Waals surface area contributed by atoms with Gasteiger partial charge in [-0.15, -0.1) is 0 Å². The van der Waals surface area contributed by atoms with Gasteiger partial charge < -0.3 is 0 Å². The van der Waals surface area contributed by atoms with Gasteiger partial charge in [0, 0.05) is 19.8 Å². The van der Waals surface area contributed by atoms with Crippen molar-refractivity contribution in [3.8, 4) is 0 Å². The Morgan fingerprint density at radius 3 is 2.50 bits per heavy atom. The van der Waals surface area contributed by atoms with Gasteiger partial charge >= 0.3 is 0 Å². The number of nitrogens with zero attached hydrogens (tertiary/aromatic N) is 4. The van der Waals surface area contributed by atoms with Crippen molar-refractivity contribution in [1.29, 1.82) is 0 Å². The zero-order chi connectivity index (χ0) is 13.5. The van der Waals surface area contributed by atoms with E-state index >= 15 is 0 Å². The van der Waals surface area contributed by atoms with Crippen LogP contribution >= 0.6 is 0 Å². The number of hydrogen-bond donors (Lipinski definition) is 2. The van der Waals surface area contributed by atoms with E-state index in [1.807, 2.05) is 24.5 Å². The van der Waals surface area contributed by atoms with Gasteiger partial charge in [0.05, 0.1) is 5.71 Å². The Morgan fingerprint density at radius 1 is 1.28 bits per heavy atom. The first-order valence-electron chi connectivity index (χ1n) is 5.45. The number of nitrogens with one attached hydrogen (secondary N) is 1. The van der Waals surface area contributed by atoms with Crippen LogP contribution in [0.4, 0.5) is 5.82 Å². The first-order chi connectivity index (χ1) is 8.62. The Morgan fingerprint density at radius 2 is 2.00 bits per heavy atom. The summed E-state index contributed by atoms with van der Waals surface area (Å²) in [6.45, 7) is 3.66. The Labute approximate surface area is 106 Å². The number of aliphatic imine (C=N–C) groups is 3. The Bertz CT molecular complexity index is 505. The van der Waals surface area contributed by atoms with Crippen LogP contribution in [0.2, 0.25) is 0 Å². The quantitative estimate of drug-likeness (QED) is 0.483. The van der Waals surface area contributed by atoms with E-state index < -0.39 is 0 Å². The summed E-state index contributed by atoms with van der Waals surface area (Å²) in [6, 6.07) is 5.47. The lowest BCUT2D eigenvalue weighted by Gasteiger charge is -2.07. The highest BCUT2D eigenvalue weighted by Gasteiger charge is 2.11. The van der Waals surface area contributed by atoms with Crippen LogP contribution in [0, 0.1) is 6.92 Å². The van der Waals surface area contributed by atoms with Crippen molar-refractivity contribution in [2.24, 2.45) is 15.0 Å². The number of hydrogen-bond acceptors (Lipinski definition) is 5. The van der Waals surface area contributed by atoms with E-state index in [1.54, 1.807) is 27.1 Å². The third-order valence-corrected chi connectivity index (χ3v) is 2.33. The minimum absolute atomic E-state index is 0.221. The number of hydroxylamine groups is 1. The standard InChI is InChI=1S/C12H17N5O/c1-8-6-5-7-10(15-8)16-12(17-18)11(14-4)9(2)13-3/h5-7,18H,1-4H3,(H,15,16,17). The molecule has 0 aromatic carbocycles. The van der Waals surface area contributed by atoms with E-state index in [2.05, 4.69) is 20.0 Å². The fraction of sp³-hybridized carbons (Fsp3) is 0.333. The van der Waals surface area contributed by atoms with Gasteiger partial charge in [0.2, 0.25) is 0 Å². The van der Waals surface area contributed by atoms with Gasteiger partial charge in [-0.05, 0) is 26.0 Å². The predicted molar refractivity (Wildman–Crippen MR) is 73.4 cm³/mol. The molecule has 0 bridgehead atoms. The fourth-order valence-corrected chi connectivity index (χ4v) is 1.38. The lowest BCUT2D eigenvalue weighted by Crippen LogP contribution is -2.33. The second-order valence-electron chi connectivity index (χ2n) is 3.59. The number of rotatable bonds is 3. The SMILES string of the molecule is CN=C(C)C(=NC)/C(=N/c1cccc(C)n1)NO. The van der Waals surface area contributed by atoms with E-state index in [0.717, 1.165) is 5.69 Å². The van der Waals surface area contributed by atoms with Crippen LogP contribution in [0.5, 0.6) is 0 Å². The fourth-order valence-electron chi connectivity index (χ4n) is 1.38. The minimum atomic E-state index is 0.221. The van der Waals surface area contributed by atoms with Crippen LogP contribution in [0.3, 0.4) is 0 Å². The summed E-state index contributed by atoms with van der Waals surface area (Å²) >= 11 is 0. The van der Waals surface area contributed by atoms with Crippen molar-refractivity contribution >= 4 is 23.1 Å². The summed E-state index contributed by atoms with van der Waals surface area (Å²) in [5.41, 5.74) is 4.05. The molecule has 96 valence electrons. The maximum atomic E-state index is 9.16. The monoisotopic (exact) mass is 247 g/mol. The number of aryl methyl sites for hydroxylation is 1. The molecule has 0 fully saturated rings. The first kappa shape index (κ1) is 14.0. The molecule has 0 aliphatic carbocycles. The summed E-state index contributed by atoms with van der Waals surface area (Å²) < 4.78 is 0. The Kier molecular flexibility index (Phi) is 5.13. The molecule has 0 aliphatic heterocycles. The molecule has 0 saturated carbocycles. The topological polar surface area (TPSA) is 82.2 Å². The van der Waals surface area contributed by atoms with Gasteiger partial charge in [-0.25, -0.2) is 9.98 Å². The summed E-state index contributed by atoms with van der Waals surface area (Å²) in [5.74, 6) is 0.718. The van der Waals surface area contributed by atoms with E-state index in [1.165, 1.54) is 0 Å². The molecule has 18 heavy (non-hydrogen) atoms. The molecule has 0 amide bonds. The maximum absolute atomic E-state index is 9.16. The highest BCUT2D eigenvalue weighted by Crippen LogP contribution is 2.08. The molecular formula is C12H17N5O. The largest absolute Gasteiger partial charge is 0.291 e. The number of pyridine rings is 1. The summed E-state index contributed by atoms with van der Waals surface area (Å²) in [7, 11) is 3.26.